The molecule has 10 heteroatoms. The number of hydrogen-bond acceptors (Lipinski definition) is 8. The molecule has 2 heterocycles. The summed E-state index contributed by atoms with van der Waals surface area (Å²) in [4.78, 5) is 12.6. The minimum atomic E-state index is -1.42. The smallest absolute Gasteiger partial charge is 0.237 e. The lowest BCUT2D eigenvalue weighted by Gasteiger charge is -2.44. The maximum absolute atomic E-state index is 12.6. The summed E-state index contributed by atoms with van der Waals surface area (Å²) in [6.45, 7) is 4.39. The SMILES string of the molecule is CCC[C@H]1CN[C@H](C(=O)N[C@@H]([C@H]2O[C@H](SC)C(O)C(O)[C@H]2O)[C@@H](C)O)C1.Cl. The summed E-state index contributed by atoms with van der Waals surface area (Å²) in [5.41, 5.74) is -0.755. The van der Waals surface area contributed by atoms with E-state index in [4.69, 9.17) is 4.74 Å². The molecule has 0 spiro atoms. The summed E-state index contributed by atoms with van der Waals surface area (Å²) >= 11 is 1.19. The predicted octanol–water partition coefficient (Wildman–Crippen LogP) is -0.777. The lowest BCUT2D eigenvalue weighted by molar-refractivity contribution is -0.211. The Kier molecular flexibility index (Phi) is 10.3. The Morgan fingerprint density at radius 2 is 1.96 bits per heavy atom. The summed E-state index contributed by atoms with van der Waals surface area (Å²) in [6, 6.07) is -1.25. The van der Waals surface area contributed by atoms with Crippen LogP contribution in [0.4, 0.5) is 0 Å². The molecule has 0 aromatic heterocycles. The number of aliphatic hydroxyl groups excluding tert-OH is 4. The average molecular weight is 429 g/mol. The Bertz CT molecular complexity index is 473. The molecule has 1 amide bonds. The molecular formula is C17H33ClN2O6S. The maximum Gasteiger partial charge on any atom is 0.237 e. The van der Waals surface area contributed by atoms with Gasteiger partial charge in [-0.25, -0.2) is 0 Å². The van der Waals surface area contributed by atoms with E-state index in [2.05, 4.69) is 17.6 Å². The monoisotopic (exact) mass is 428 g/mol. The molecule has 2 fully saturated rings. The molecule has 27 heavy (non-hydrogen) atoms. The molecule has 9 atom stereocenters. The van der Waals surface area contributed by atoms with Crippen LogP contribution in [0, 0.1) is 5.92 Å². The van der Waals surface area contributed by atoms with E-state index in [0.717, 1.165) is 25.8 Å². The lowest BCUT2D eigenvalue weighted by atomic mass is 9.92. The molecule has 2 saturated heterocycles. The van der Waals surface area contributed by atoms with Crippen molar-refractivity contribution in [2.75, 3.05) is 12.8 Å². The van der Waals surface area contributed by atoms with E-state index in [1.807, 2.05) is 0 Å². The highest BCUT2D eigenvalue weighted by Gasteiger charge is 2.48. The van der Waals surface area contributed by atoms with Crippen LogP contribution in [0.1, 0.15) is 33.1 Å². The normalized spacial score (nSPS) is 38.7. The topological polar surface area (TPSA) is 131 Å². The summed E-state index contributed by atoms with van der Waals surface area (Å²) in [5, 5.41) is 46.5. The standard InChI is InChI=1S/C17H32N2O6S.ClH/c1-4-5-9-6-10(18-7-9)16(24)19-11(8(2)20)15-13(22)12(21)14(23)17(25-15)26-3;/h8-15,17-18,20-23H,4-7H2,1-3H3,(H,19,24);1H/t8-,9-,10+,11-,12?,13-,14?,15-,17-;/m1./s1. The van der Waals surface area contributed by atoms with Gasteiger partial charge in [0.15, 0.2) is 0 Å². The largest absolute Gasteiger partial charge is 0.391 e. The molecule has 2 rings (SSSR count). The molecule has 8 nitrogen and oxygen atoms in total. The first kappa shape index (κ1) is 24.9. The Hall–Kier alpha value is -0.130. The van der Waals surface area contributed by atoms with Gasteiger partial charge in [-0.1, -0.05) is 13.3 Å². The quantitative estimate of drug-likeness (QED) is 0.311. The van der Waals surface area contributed by atoms with Crippen LogP contribution in [0.2, 0.25) is 0 Å². The summed E-state index contributed by atoms with van der Waals surface area (Å²) in [6.07, 6.45) is -1.54. The van der Waals surface area contributed by atoms with E-state index in [9.17, 15) is 25.2 Å². The molecule has 0 aliphatic carbocycles. The molecule has 2 aliphatic heterocycles. The van der Waals surface area contributed by atoms with E-state index >= 15 is 0 Å². The Balaban J connectivity index is 0.00000364. The molecule has 0 saturated carbocycles. The molecule has 0 radical (unpaired) electrons. The predicted molar refractivity (Wildman–Crippen MR) is 106 cm³/mol. The third-order valence-corrected chi connectivity index (χ3v) is 6.11. The van der Waals surface area contributed by atoms with Crippen LogP contribution in [0.15, 0.2) is 0 Å². The first-order valence-corrected chi connectivity index (χ1v) is 10.5. The van der Waals surface area contributed by atoms with Gasteiger partial charge < -0.3 is 35.8 Å². The first-order chi connectivity index (χ1) is 12.3. The summed E-state index contributed by atoms with van der Waals surface area (Å²) in [7, 11) is 0. The lowest BCUT2D eigenvalue weighted by Crippen LogP contribution is -2.65. The number of thioether (sulfide) groups is 1. The van der Waals surface area contributed by atoms with Crippen molar-refractivity contribution in [2.45, 2.75) is 81.1 Å². The molecule has 160 valence electrons. The number of carbonyl (C=O) groups excluding carboxylic acids is 1. The Morgan fingerprint density at radius 3 is 2.52 bits per heavy atom. The van der Waals surface area contributed by atoms with Gasteiger partial charge in [0, 0.05) is 0 Å². The zero-order chi connectivity index (χ0) is 19.4. The molecule has 6 N–H and O–H groups in total. The minimum absolute atomic E-state index is 0. The van der Waals surface area contributed by atoms with Crippen molar-refractivity contribution in [2.24, 2.45) is 5.92 Å². The van der Waals surface area contributed by atoms with Crippen molar-refractivity contribution < 1.29 is 30.0 Å². The summed E-state index contributed by atoms with van der Waals surface area (Å²) < 4.78 is 5.69. The highest BCUT2D eigenvalue weighted by molar-refractivity contribution is 7.99. The van der Waals surface area contributed by atoms with Gasteiger partial charge in [0.05, 0.1) is 18.2 Å². The van der Waals surface area contributed by atoms with Crippen molar-refractivity contribution in [3.8, 4) is 0 Å². The van der Waals surface area contributed by atoms with Gasteiger partial charge in [0.25, 0.3) is 0 Å². The highest BCUT2D eigenvalue weighted by atomic mass is 35.5. The van der Waals surface area contributed by atoms with Crippen LogP contribution < -0.4 is 10.6 Å². The number of aliphatic hydroxyl groups is 4. The molecule has 2 aliphatic rings. The van der Waals surface area contributed by atoms with E-state index in [1.165, 1.54) is 18.7 Å². The Morgan fingerprint density at radius 1 is 1.30 bits per heavy atom. The van der Waals surface area contributed by atoms with Crippen LogP contribution in [-0.2, 0) is 9.53 Å². The molecular weight excluding hydrogens is 396 g/mol. The van der Waals surface area contributed by atoms with Gasteiger partial charge >= 0.3 is 0 Å². The average Bonchev–Trinajstić information content (AvgIpc) is 3.07. The third kappa shape index (κ3) is 5.93. The van der Waals surface area contributed by atoms with Crippen LogP contribution in [-0.4, -0.2) is 87.2 Å². The highest BCUT2D eigenvalue weighted by Crippen LogP contribution is 2.29. The van der Waals surface area contributed by atoms with Gasteiger partial charge in [-0.2, -0.15) is 0 Å². The molecule has 0 bridgehead atoms. The van der Waals surface area contributed by atoms with E-state index in [1.54, 1.807) is 6.26 Å². The number of ether oxygens (including phenoxy) is 1. The molecule has 0 aromatic rings. The van der Waals surface area contributed by atoms with Crippen molar-refractivity contribution in [1.82, 2.24) is 10.6 Å². The van der Waals surface area contributed by atoms with Gasteiger partial charge in [-0.3, -0.25) is 4.79 Å². The van der Waals surface area contributed by atoms with Crippen LogP contribution >= 0.6 is 24.2 Å². The fraction of sp³-hybridized carbons (Fsp3) is 0.941. The first-order valence-electron chi connectivity index (χ1n) is 9.24. The van der Waals surface area contributed by atoms with Crippen molar-refractivity contribution in [3.63, 3.8) is 0 Å². The third-order valence-electron chi connectivity index (χ3n) is 5.26. The molecule has 2 unspecified atom stereocenters. The number of carbonyl (C=O) groups is 1. The Labute approximate surface area is 170 Å². The number of amides is 1. The van der Waals surface area contributed by atoms with Gasteiger partial charge in [-0.15, -0.1) is 24.2 Å². The number of nitrogens with one attached hydrogen (secondary N) is 2. The molecule has 0 aromatic carbocycles. The number of halogens is 1. The van der Waals surface area contributed by atoms with Gasteiger partial charge in [0.1, 0.15) is 29.9 Å². The van der Waals surface area contributed by atoms with Crippen molar-refractivity contribution in [3.05, 3.63) is 0 Å². The second-order valence-electron chi connectivity index (χ2n) is 7.30. The second-order valence-corrected chi connectivity index (χ2v) is 8.24. The number of rotatable bonds is 7. The van der Waals surface area contributed by atoms with E-state index < -0.39 is 42.0 Å². The van der Waals surface area contributed by atoms with Crippen molar-refractivity contribution >= 4 is 30.1 Å². The number of hydrogen-bond donors (Lipinski definition) is 6. The van der Waals surface area contributed by atoms with E-state index in [-0.39, 0.29) is 24.4 Å². The van der Waals surface area contributed by atoms with Crippen LogP contribution in [0.5, 0.6) is 0 Å². The minimum Gasteiger partial charge on any atom is -0.391 e. The maximum atomic E-state index is 12.6. The fourth-order valence-electron chi connectivity index (χ4n) is 3.74. The van der Waals surface area contributed by atoms with Gasteiger partial charge in [-0.05, 0) is 38.5 Å². The van der Waals surface area contributed by atoms with E-state index in [0.29, 0.717) is 5.92 Å². The zero-order valence-electron chi connectivity index (χ0n) is 15.9. The van der Waals surface area contributed by atoms with Crippen molar-refractivity contribution in [1.29, 1.82) is 0 Å². The second kappa shape index (κ2) is 11.2. The van der Waals surface area contributed by atoms with Crippen LogP contribution in [0.25, 0.3) is 0 Å². The zero-order valence-corrected chi connectivity index (χ0v) is 17.6. The van der Waals surface area contributed by atoms with Crippen LogP contribution in [0.3, 0.4) is 0 Å². The fourth-order valence-corrected chi connectivity index (χ4v) is 4.42. The van der Waals surface area contributed by atoms with Gasteiger partial charge in [0.2, 0.25) is 5.91 Å². The summed E-state index contributed by atoms with van der Waals surface area (Å²) in [5.74, 6) is 0.196.